The molecule has 0 saturated carbocycles. The highest BCUT2D eigenvalue weighted by Gasteiger charge is 2.16. The molecule has 0 spiro atoms. The number of rotatable bonds is 3. The molecule has 0 unspecified atom stereocenters. The van der Waals surface area contributed by atoms with Crippen molar-refractivity contribution in [3.05, 3.63) is 35.5 Å². The number of carbonyl (C=O) groups is 1. The van der Waals surface area contributed by atoms with E-state index in [0.717, 1.165) is 0 Å². The van der Waals surface area contributed by atoms with E-state index in [9.17, 15) is 4.79 Å². The number of benzene rings is 1. The van der Waals surface area contributed by atoms with Gasteiger partial charge in [-0.3, -0.25) is 4.79 Å². The molecule has 1 aromatic heterocycles. The van der Waals surface area contributed by atoms with Gasteiger partial charge in [0.15, 0.2) is 5.89 Å². The van der Waals surface area contributed by atoms with Crippen LogP contribution in [0.4, 0.5) is 11.4 Å². The minimum Gasteiger partial charge on any atom is -0.495 e. The molecule has 6 nitrogen and oxygen atoms in total. The van der Waals surface area contributed by atoms with Gasteiger partial charge in [-0.25, -0.2) is 4.98 Å². The predicted octanol–water partition coefficient (Wildman–Crippen LogP) is 2.13. The number of aryl methyl sites for hydroxylation is 2. The van der Waals surface area contributed by atoms with Gasteiger partial charge in [-0.1, -0.05) is 0 Å². The summed E-state index contributed by atoms with van der Waals surface area (Å²) in [5, 5.41) is 2.70. The summed E-state index contributed by atoms with van der Waals surface area (Å²) in [7, 11) is 1.53. The van der Waals surface area contributed by atoms with E-state index in [-0.39, 0.29) is 11.7 Å². The highest BCUT2D eigenvalue weighted by atomic mass is 16.5. The van der Waals surface area contributed by atoms with Gasteiger partial charge in [-0.05, 0) is 25.1 Å². The molecule has 2 aromatic rings. The molecule has 0 bridgehead atoms. The van der Waals surface area contributed by atoms with Crippen molar-refractivity contribution in [1.82, 2.24) is 4.98 Å². The number of methoxy groups -OCH3 is 1. The molecule has 100 valence electrons. The summed E-state index contributed by atoms with van der Waals surface area (Å²) in [5.41, 5.74) is 7.34. The van der Waals surface area contributed by atoms with Crippen LogP contribution in [0.15, 0.2) is 22.6 Å². The van der Waals surface area contributed by atoms with Crippen LogP contribution in [0.1, 0.15) is 22.1 Å². The van der Waals surface area contributed by atoms with Gasteiger partial charge in [0.05, 0.1) is 18.5 Å². The summed E-state index contributed by atoms with van der Waals surface area (Å²) in [5.74, 6) is 0.858. The fourth-order valence-corrected chi connectivity index (χ4v) is 1.74. The van der Waals surface area contributed by atoms with Crippen molar-refractivity contribution in [1.29, 1.82) is 0 Å². The Hall–Kier alpha value is -2.50. The minimum atomic E-state index is -0.359. The first-order valence-corrected chi connectivity index (χ1v) is 5.70. The third-order valence-electron chi connectivity index (χ3n) is 2.60. The molecule has 0 radical (unpaired) electrons. The molecule has 0 aliphatic carbocycles. The molecule has 19 heavy (non-hydrogen) atoms. The summed E-state index contributed by atoms with van der Waals surface area (Å²) >= 11 is 0. The van der Waals surface area contributed by atoms with Crippen LogP contribution in [0.5, 0.6) is 5.75 Å². The lowest BCUT2D eigenvalue weighted by Crippen LogP contribution is -2.12. The van der Waals surface area contributed by atoms with E-state index in [1.807, 2.05) is 0 Å². The Morgan fingerprint density at radius 3 is 2.68 bits per heavy atom. The van der Waals surface area contributed by atoms with Gasteiger partial charge in [0.1, 0.15) is 5.75 Å². The smallest absolute Gasteiger partial charge is 0.293 e. The number of oxazole rings is 1. The largest absolute Gasteiger partial charge is 0.495 e. The molecule has 1 amide bonds. The molecule has 1 heterocycles. The van der Waals surface area contributed by atoms with Gasteiger partial charge in [0, 0.05) is 12.6 Å². The molecule has 3 N–H and O–H groups in total. The highest BCUT2D eigenvalue weighted by Crippen LogP contribution is 2.25. The zero-order chi connectivity index (χ0) is 14.0. The Kier molecular flexibility index (Phi) is 3.41. The van der Waals surface area contributed by atoms with E-state index in [0.29, 0.717) is 28.7 Å². The fourth-order valence-electron chi connectivity index (χ4n) is 1.74. The molecule has 1 aromatic carbocycles. The first-order valence-electron chi connectivity index (χ1n) is 5.70. The number of nitrogens with one attached hydrogen (secondary N) is 1. The van der Waals surface area contributed by atoms with Crippen LogP contribution in [0.3, 0.4) is 0 Å². The Morgan fingerprint density at radius 1 is 1.42 bits per heavy atom. The quantitative estimate of drug-likeness (QED) is 0.826. The zero-order valence-corrected chi connectivity index (χ0v) is 11.0. The second-order valence-electron chi connectivity index (χ2n) is 4.06. The lowest BCUT2D eigenvalue weighted by atomic mass is 10.2. The van der Waals surface area contributed by atoms with E-state index in [2.05, 4.69) is 10.3 Å². The lowest BCUT2D eigenvalue weighted by Gasteiger charge is -2.07. The summed E-state index contributed by atoms with van der Waals surface area (Å²) in [6.07, 6.45) is 0. The molecule has 0 atom stereocenters. The summed E-state index contributed by atoms with van der Waals surface area (Å²) in [6, 6.07) is 5.00. The molecular weight excluding hydrogens is 246 g/mol. The number of nitrogens with two attached hydrogens (primary N) is 1. The van der Waals surface area contributed by atoms with Gasteiger partial charge in [-0.2, -0.15) is 0 Å². The van der Waals surface area contributed by atoms with Crippen LogP contribution < -0.4 is 15.8 Å². The number of hydrogen-bond acceptors (Lipinski definition) is 5. The second kappa shape index (κ2) is 5.01. The average Bonchev–Trinajstić information content (AvgIpc) is 2.69. The van der Waals surface area contributed by atoms with Crippen molar-refractivity contribution in [2.45, 2.75) is 13.8 Å². The molecular formula is C13H15N3O3. The Bertz CT molecular complexity index is 620. The average molecular weight is 261 g/mol. The number of ether oxygens (including phenoxy) is 1. The predicted molar refractivity (Wildman–Crippen MR) is 71.3 cm³/mol. The van der Waals surface area contributed by atoms with Gasteiger partial charge in [-0.15, -0.1) is 0 Å². The molecule has 0 fully saturated rings. The number of aromatic nitrogens is 1. The first-order chi connectivity index (χ1) is 9.01. The summed E-state index contributed by atoms with van der Waals surface area (Å²) in [4.78, 5) is 16.0. The number of amides is 1. The Morgan fingerprint density at radius 2 is 2.16 bits per heavy atom. The molecule has 0 aliphatic heterocycles. The normalized spacial score (nSPS) is 10.3. The monoisotopic (exact) mass is 261 g/mol. The third kappa shape index (κ3) is 2.67. The van der Waals surface area contributed by atoms with Crippen LogP contribution >= 0.6 is 0 Å². The lowest BCUT2D eigenvalue weighted by molar-refractivity contribution is 0.0994. The van der Waals surface area contributed by atoms with Crippen LogP contribution in [0.2, 0.25) is 0 Å². The van der Waals surface area contributed by atoms with E-state index in [1.165, 1.54) is 7.11 Å². The van der Waals surface area contributed by atoms with Crippen molar-refractivity contribution < 1.29 is 13.9 Å². The number of anilines is 2. The van der Waals surface area contributed by atoms with Crippen LogP contribution in [0.25, 0.3) is 0 Å². The number of nitrogens with zero attached hydrogens (tertiary/aromatic N) is 1. The van der Waals surface area contributed by atoms with Gasteiger partial charge in [0.25, 0.3) is 5.91 Å². The Labute approximate surface area is 110 Å². The van der Waals surface area contributed by atoms with Crippen molar-refractivity contribution in [3.63, 3.8) is 0 Å². The van der Waals surface area contributed by atoms with Crippen molar-refractivity contribution in [2.24, 2.45) is 0 Å². The van der Waals surface area contributed by atoms with Gasteiger partial charge < -0.3 is 20.2 Å². The maximum absolute atomic E-state index is 12.0. The van der Waals surface area contributed by atoms with Crippen molar-refractivity contribution in [3.8, 4) is 5.75 Å². The Balaban J connectivity index is 2.19. The molecule has 2 rings (SSSR count). The molecule has 0 aliphatic rings. The van der Waals surface area contributed by atoms with Crippen molar-refractivity contribution >= 4 is 17.3 Å². The number of carbonyl (C=O) groups excluding carboxylic acids is 1. The SMILES string of the molecule is COc1ccc(NC(=O)c2oc(C)nc2C)cc1N. The van der Waals surface area contributed by atoms with Crippen LogP contribution in [-0.4, -0.2) is 18.0 Å². The van der Waals surface area contributed by atoms with Crippen LogP contribution in [-0.2, 0) is 0 Å². The minimum absolute atomic E-state index is 0.201. The fraction of sp³-hybridized carbons (Fsp3) is 0.231. The van der Waals surface area contributed by atoms with Crippen molar-refractivity contribution in [2.75, 3.05) is 18.2 Å². The number of nitrogen functional groups attached to an aromatic ring is 1. The van der Waals surface area contributed by atoms with Gasteiger partial charge >= 0.3 is 0 Å². The summed E-state index contributed by atoms with van der Waals surface area (Å²) in [6.45, 7) is 3.41. The zero-order valence-electron chi connectivity index (χ0n) is 11.0. The highest BCUT2D eigenvalue weighted by molar-refractivity contribution is 6.03. The first kappa shape index (κ1) is 12.9. The standard InChI is InChI=1S/C13H15N3O3/c1-7-12(19-8(2)15-7)13(17)16-9-4-5-11(18-3)10(14)6-9/h4-6H,14H2,1-3H3,(H,16,17). The van der Waals surface area contributed by atoms with Gasteiger partial charge in [0.2, 0.25) is 5.76 Å². The van der Waals surface area contributed by atoms with E-state index in [1.54, 1.807) is 32.0 Å². The molecule has 0 saturated heterocycles. The molecule has 6 heteroatoms. The van der Waals surface area contributed by atoms with E-state index in [4.69, 9.17) is 14.9 Å². The van der Waals surface area contributed by atoms with E-state index >= 15 is 0 Å². The maximum Gasteiger partial charge on any atom is 0.293 e. The van der Waals surface area contributed by atoms with E-state index < -0.39 is 0 Å². The third-order valence-corrected chi connectivity index (χ3v) is 2.60. The maximum atomic E-state index is 12.0. The summed E-state index contributed by atoms with van der Waals surface area (Å²) < 4.78 is 10.3. The topological polar surface area (TPSA) is 90.4 Å². The second-order valence-corrected chi connectivity index (χ2v) is 4.06. The van der Waals surface area contributed by atoms with Crippen LogP contribution in [0, 0.1) is 13.8 Å². The number of hydrogen-bond donors (Lipinski definition) is 2.